The highest BCUT2D eigenvalue weighted by atomic mass is 35.5. The Hall–Kier alpha value is -1.68. The SMILES string of the molecule is Cc1cnc(Cl)c(NCc2c(F)cccc2F)c1. The standard InChI is InChI=1S/C13H11ClF2N2/c1-8-5-12(13(14)18-6-8)17-7-9-10(15)3-2-4-11(9)16/h2-6,17H,7H2,1H3. The van der Waals surface area contributed by atoms with Crippen LogP contribution in [0.4, 0.5) is 14.5 Å². The molecule has 1 aromatic heterocycles. The van der Waals surface area contributed by atoms with Crippen molar-refractivity contribution in [2.24, 2.45) is 0 Å². The largest absolute Gasteiger partial charge is 0.378 e. The van der Waals surface area contributed by atoms with E-state index >= 15 is 0 Å². The molecule has 0 saturated carbocycles. The van der Waals surface area contributed by atoms with Crippen molar-refractivity contribution in [1.29, 1.82) is 0 Å². The number of aryl methyl sites for hydroxylation is 1. The Morgan fingerprint density at radius 1 is 1.28 bits per heavy atom. The Morgan fingerprint density at radius 3 is 2.61 bits per heavy atom. The lowest BCUT2D eigenvalue weighted by atomic mass is 10.2. The maximum atomic E-state index is 13.4. The summed E-state index contributed by atoms with van der Waals surface area (Å²) in [5.41, 5.74) is 1.45. The zero-order valence-electron chi connectivity index (χ0n) is 9.67. The van der Waals surface area contributed by atoms with Crippen molar-refractivity contribution in [3.05, 3.63) is 58.4 Å². The van der Waals surface area contributed by atoms with E-state index in [9.17, 15) is 8.78 Å². The van der Waals surface area contributed by atoms with Crippen LogP contribution in [0.1, 0.15) is 11.1 Å². The van der Waals surface area contributed by atoms with Gasteiger partial charge in [0.2, 0.25) is 0 Å². The molecule has 0 aliphatic rings. The second-order valence-corrected chi connectivity index (χ2v) is 4.26. The van der Waals surface area contributed by atoms with Crippen molar-refractivity contribution in [3.63, 3.8) is 0 Å². The van der Waals surface area contributed by atoms with E-state index in [1.54, 1.807) is 12.3 Å². The van der Waals surface area contributed by atoms with Gasteiger partial charge < -0.3 is 5.32 Å². The molecule has 0 radical (unpaired) electrons. The van der Waals surface area contributed by atoms with Gasteiger partial charge in [0, 0.05) is 18.3 Å². The average molecular weight is 269 g/mol. The van der Waals surface area contributed by atoms with Crippen molar-refractivity contribution in [3.8, 4) is 0 Å². The molecule has 0 spiro atoms. The van der Waals surface area contributed by atoms with E-state index < -0.39 is 11.6 Å². The minimum absolute atomic E-state index is 0.0172. The number of anilines is 1. The fourth-order valence-electron chi connectivity index (χ4n) is 1.56. The fraction of sp³-hybridized carbons (Fsp3) is 0.154. The number of nitrogens with one attached hydrogen (secondary N) is 1. The summed E-state index contributed by atoms with van der Waals surface area (Å²) in [5.74, 6) is -1.17. The van der Waals surface area contributed by atoms with Gasteiger partial charge in [0.1, 0.15) is 11.6 Å². The highest BCUT2D eigenvalue weighted by Gasteiger charge is 2.09. The number of nitrogens with zero attached hydrogens (tertiary/aromatic N) is 1. The van der Waals surface area contributed by atoms with Crippen LogP contribution in [-0.4, -0.2) is 4.98 Å². The smallest absolute Gasteiger partial charge is 0.152 e. The lowest BCUT2D eigenvalue weighted by molar-refractivity contribution is 0.560. The number of hydrogen-bond donors (Lipinski definition) is 1. The normalized spacial score (nSPS) is 10.4. The summed E-state index contributed by atoms with van der Waals surface area (Å²) in [6, 6.07) is 5.54. The highest BCUT2D eigenvalue weighted by Crippen LogP contribution is 2.21. The summed E-state index contributed by atoms with van der Waals surface area (Å²) in [6.45, 7) is 1.88. The van der Waals surface area contributed by atoms with Crippen LogP contribution >= 0.6 is 11.6 Å². The molecule has 0 aliphatic heterocycles. The molecule has 0 amide bonds. The number of hydrogen-bond acceptors (Lipinski definition) is 2. The van der Waals surface area contributed by atoms with Gasteiger partial charge in [-0.05, 0) is 30.7 Å². The monoisotopic (exact) mass is 268 g/mol. The summed E-state index contributed by atoms with van der Waals surface area (Å²) in [6.07, 6.45) is 1.62. The maximum Gasteiger partial charge on any atom is 0.152 e. The molecule has 0 saturated heterocycles. The molecular weight excluding hydrogens is 258 g/mol. The van der Waals surface area contributed by atoms with Crippen molar-refractivity contribution in [1.82, 2.24) is 4.98 Å². The summed E-state index contributed by atoms with van der Waals surface area (Å²) in [7, 11) is 0. The number of benzene rings is 1. The molecule has 1 heterocycles. The molecule has 0 fully saturated rings. The van der Waals surface area contributed by atoms with Gasteiger partial charge in [-0.25, -0.2) is 13.8 Å². The molecule has 0 unspecified atom stereocenters. The minimum Gasteiger partial charge on any atom is -0.378 e. The molecule has 1 aromatic carbocycles. The summed E-state index contributed by atoms with van der Waals surface area (Å²) >= 11 is 5.88. The number of halogens is 3. The topological polar surface area (TPSA) is 24.9 Å². The molecule has 2 rings (SSSR count). The number of aromatic nitrogens is 1. The summed E-state index contributed by atoms with van der Waals surface area (Å²) in [5, 5.41) is 3.15. The predicted molar refractivity (Wildman–Crippen MR) is 67.7 cm³/mol. The van der Waals surface area contributed by atoms with Gasteiger partial charge >= 0.3 is 0 Å². The van der Waals surface area contributed by atoms with Gasteiger partial charge in [0.25, 0.3) is 0 Å². The molecule has 0 bridgehead atoms. The van der Waals surface area contributed by atoms with Crippen molar-refractivity contribution >= 4 is 17.3 Å². The van der Waals surface area contributed by atoms with E-state index in [1.807, 2.05) is 6.92 Å². The van der Waals surface area contributed by atoms with Crippen LogP contribution < -0.4 is 5.32 Å². The molecule has 94 valence electrons. The Kier molecular flexibility index (Phi) is 3.77. The third-order valence-electron chi connectivity index (χ3n) is 2.49. The molecule has 1 N–H and O–H groups in total. The Labute approximate surface area is 109 Å². The zero-order valence-corrected chi connectivity index (χ0v) is 10.4. The first kappa shape index (κ1) is 12.8. The Bertz CT molecular complexity index is 553. The first-order chi connectivity index (χ1) is 8.58. The van der Waals surface area contributed by atoms with Crippen LogP contribution in [0.15, 0.2) is 30.5 Å². The average Bonchev–Trinajstić information content (AvgIpc) is 2.33. The van der Waals surface area contributed by atoms with E-state index in [-0.39, 0.29) is 17.3 Å². The number of rotatable bonds is 3. The van der Waals surface area contributed by atoms with Gasteiger partial charge in [-0.1, -0.05) is 17.7 Å². The van der Waals surface area contributed by atoms with E-state index in [0.717, 1.165) is 5.56 Å². The minimum atomic E-state index is -0.584. The third kappa shape index (κ3) is 2.76. The zero-order chi connectivity index (χ0) is 13.1. The van der Waals surface area contributed by atoms with Crippen LogP contribution in [0.5, 0.6) is 0 Å². The summed E-state index contributed by atoms with van der Waals surface area (Å²) in [4.78, 5) is 3.95. The van der Waals surface area contributed by atoms with Crippen LogP contribution in [0.2, 0.25) is 5.15 Å². The van der Waals surface area contributed by atoms with Gasteiger partial charge in [0.15, 0.2) is 5.15 Å². The van der Waals surface area contributed by atoms with Crippen molar-refractivity contribution in [2.45, 2.75) is 13.5 Å². The first-order valence-corrected chi connectivity index (χ1v) is 5.74. The first-order valence-electron chi connectivity index (χ1n) is 5.37. The fourth-order valence-corrected chi connectivity index (χ4v) is 1.73. The maximum absolute atomic E-state index is 13.4. The van der Waals surface area contributed by atoms with Gasteiger partial charge in [-0.15, -0.1) is 0 Å². The lowest BCUT2D eigenvalue weighted by Crippen LogP contribution is -2.05. The molecule has 0 atom stereocenters. The van der Waals surface area contributed by atoms with Crippen molar-refractivity contribution < 1.29 is 8.78 Å². The van der Waals surface area contributed by atoms with Crippen LogP contribution in [-0.2, 0) is 6.54 Å². The molecule has 5 heteroatoms. The van der Waals surface area contributed by atoms with Crippen LogP contribution in [0, 0.1) is 18.6 Å². The van der Waals surface area contributed by atoms with E-state index in [0.29, 0.717) is 5.69 Å². The molecule has 2 nitrogen and oxygen atoms in total. The van der Waals surface area contributed by atoms with E-state index in [1.165, 1.54) is 18.2 Å². The van der Waals surface area contributed by atoms with Gasteiger partial charge in [-0.2, -0.15) is 0 Å². The van der Waals surface area contributed by atoms with Gasteiger partial charge in [-0.3, -0.25) is 0 Å². The molecule has 0 aliphatic carbocycles. The molecule has 18 heavy (non-hydrogen) atoms. The van der Waals surface area contributed by atoms with Crippen LogP contribution in [0.25, 0.3) is 0 Å². The van der Waals surface area contributed by atoms with Crippen molar-refractivity contribution in [2.75, 3.05) is 5.32 Å². The molecule has 2 aromatic rings. The third-order valence-corrected chi connectivity index (χ3v) is 2.79. The van der Waals surface area contributed by atoms with E-state index in [4.69, 9.17) is 11.6 Å². The quantitative estimate of drug-likeness (QED) is 0.853. The Morgan fingerprint density at radius 2 is 1.94 bits per heavy atom. The Balaban J connectivity index is 2.19. The lowest BCUT2D eigenvalue weighted by Gasteiger charge is -2.10. The predicted octanol–water partition coefficient (Wildman–Crippen LogP) is 3.93. The van der Waals surface area contributed by atoms with Gasteiger partial charge in [0.05, 0.1) is 5.69 Å². The molecular formula is C13H11ClF2N2. The van der Waals surface area contributed by atoms with Crippen LogP contribution in [0.3, 0.4) is 0 Å². The second-order valence-electron chi connectivity index (χ2n) is 3.90. The number of pyridine rings is 1. The second kappa shape index (κ2) is 5.31. The summed E-state index contributed by atoms with van der Waals surface area (Å²) < 4.78 is 26.8. The highest BCUT2D eigenvalue weighted by molar-refractivity contribution is 6.31. The van der Waals surface area contributed by atoms with E-state index in [2.05, 4.69) is 10.3 Å².